The number of fused-ring (bicyclic) bond motifs is 1. The van der Waals surface area contributed by atoms with Crippen molar-refractivity contribution in [2.45, 2.75) is 12.3 Å². The number of carbonyl (C=O) groups excluding carboxylic acids is 1. The maximum absolute atomic E-state index is 12.0. The van der Waals surface area contributed by atoms with Crippen LogP contribution in [0.25, 0.3) is 0 Å². The van der Waals surface area contributed by atoms with E-state index in [2.05, 4.69) is 21.6 Å². The zero-order valence-electron chi connectivity index (χ0n) is 9.63. The maximum Gasteiger partial charge on any atom is 0.231 e. The molecule has 17 heavy (non-hydrogen) atoms. The van der Waals surface area contributed by atoms with Gasteiger partial charge in [0.05, 0.1) is 19.1 Å². The predicted molar refractivity (Wildman–Crippen MR) is 63.0 cm³/mol. The van der Waals surface area contributed by atoms with Crippen LogP contribution in [-0.2, 0) is 9.53 Å². The second kappa shape index (κ2) is 4.60. The molecule has 1 amide bonds. The fourth-order valence-corrected chi connectivity index (χ4v) is 2.50. The Bertz CT molecular complexity index is 361. The van der Waals surface area contributed by atoms with Crippen LogP contribution in [0.5, 0.6) is 0 Å². The molecular formula is C12H17N3O2. The lowest BCUT2D eigenvalue weighted by Gasteiger charge is -2.42. The normalized spacial score (nSPS) is 37.6. The van der Waals surface area contributed by atoms with Crippen molar-refractivity contribution in [3.05, 3.63) is 24.3 Å². The lowest BCUT2D eigenvalue weighted by atomic mass is 9.92. The summed E-state index contributed by atoms with van der Waals surface area (Å²) in [4.78, 5) is 14.2. The molecule has 2 N–H and O–H groups in total. The van der Waals surface area contributed by atoms with Crippen molar-refractivity contribution < 1.29 is 9.53 Å². The number of hydrogen-bond donors (Lipinski definition) is 2. The molecule has 0 radical (unpaired) electrons. The lowest BCUT2D eigenvalue weighted by molar-refractivity contribution is -0.131. The van der Waals surface area contributed by atoms with Crippen LogP contribution in [0, 0.1) is 5.92 Å². The molecule has 2 fully saturated rings. The number of carbonyl (C=O) groups is 1. The van der Waals surface area contributed by atoms with Gasteiger partial charge in [-0.15, -0.1) is 0 Å². The van der Waals surface area contributed by atoms with Crippen LogP contribution in [-0.4, -0.2) is 49.4 Å². The molecule has 0 bridgehead atoms. The fourth-order valence-electron chi connectivity index (χ4n) is 2.50. The van der Waals surface area contributed by atoms with Crippen LogP contribution in [0.3, 0.4) is 0 Å². The first-order chi connectivity index (χ1) is 8.34. The molecular weight excluding hydrogens is 218 g/mol. The molecule has 0 saturated carbocycles. The molecule has 5 heteroatoms. The average molecular weight is 235 g/mol. The van der Waals surface area contributed by atoms with E-state index in [0.29, 0.717) is 0 Å². The van der Waals surface area contributed by atoms with Gasteiger partial charge in [0.1, 0.15) is 6.29 Å². The van der Waals surface area contributed by atoms with Crippen LogP contribution in [0.15, 0.2) is 24.3 Å². The highest BCUT2D eigenvalue weighted by atomic mass is 16.5. The minimum absolute atomic E-state index is 0.0659. The standard InChI is InChI=1S/C12H17N3O2/c16-11-9-3-1-2-4-10(9)13-12(14-11)15-5-7-17-8-6-15/h1-4,9-10,12-13H,5-8H2,(H,14,16). The molecule has 92 valence electrons. The van der Waals surface area contributed by atoms with E-state index < -0.39 is 0 Å². The zero-order chi connectivity index (χ0) is 11.7. The predicted octanol–water partition coefficient (Wildman–Crippen LogP) is -0.568. The van der Waals surface area contributed by atoms with Crippen molar-refractivity contribution in [1.82, 2.24) is 15.5 Å². The Morgan fingerprint density at radius 3 is 2.82 bits per heavy atom. The third kappa shape index (κ3) is 2.13. The molecule has 0 aromatic rings. The minimum atomic E-state index is -0.0720. The average Bonchev–Trinajstić information content (AvgIpc) is 2.40. The van der Waals surface area contributed by atoms with Gasteiger partial charge in [-0.2, -0.15) is 0 Å². The summed E-state index contributed by atoms with van der Waals surface area (Å²) in [5, 5.41) is 6.48. The Labute approximate surface area is 100 Å². The summed E-state index contributed by atoms with van der Waals surface area (Å²) in [6.07, 6.45) is 7.85. The molecule has 0 aromatic carbocycles. The van der Waals surface area contributed by atoms with Crippen LogP contribution in [0.4, 0.5) is 0 Å². The van der Waals surface area contributed by atoms with E-state index in [-0.39, 0.29) is 24.2 Å². The third-order valence-corrected chi connectivity index (χ3v) is 3.48. The molecule has 5 nitrogen and oxygen atoms in total. The summed E-state index contributed by atoms with van der Waals surface area (Å²) in [5.74, 6) is 0.0307. The number of morpholine rings is 1. The Hall–Kier alpha value is -1.17. The quantitative estimate of drug-likeness (QED) is 0.639. The molecule has 2 heterocycles. The molecule has 3 rings (SSSR count). The number of nitrogens with zero attached hydrogens (tertiary/aromatic N) is 1. The molecule has 2 saturated heterocycles. The monoisotopic (exact) mass is 235 g/mol. The van der Waals surface area contributed by atoms with Gasteiger partial charge in [0, 0.05) is 19.1 Å². The van der Waals surface area contributed by atoms with E-state index >= 15 is 0 Å². The second-order valence-electron chi connectivity index (χ2n) is 4.55. The topological polar surface area (TPSA) is 53.6 Å². The molecule has 3 atom stereocenters. The summed E-state index contributed by atoms with van der Waals surface area (Å²) in [5.41, 5.74) is 0. The van der Waals surface area contributed by atoms with Crippen molar-refractivity contribution in [1.29, 1.82) is 0 Å². The Kier molecular flexibility index (Phi) is 2.96. The van der Waals surface area contributed by atoms with E-state index in [1.54, 1.807) is 0 Å². The van der Waals surface area contributed by atoms with E-state index in [1.165, 1.54) is 0 Å². The summed E-state index contributed by atoms with van der Waals surface area (Å²) in [6.45, 7) is 3.18. The van der Waals surface area contributed by atoms with Gasteiger partial charge in [0.2, 0.25) is 5.91 Å². The van der Waals surface area contributed by atoms with E-state index in [0.717, 1.165) is 26.3 Å². The third-order valence-electron chi connectivity index (χ3n) is 3.48. The van der Waals surface area contributed by atoms with Gasteiger partial charge in [-0.25, -0.2) is 0 Å². The largest absolute Gasteiger partial charge is 0.379 e. The highest BCUT2D eigenvalue weighted by Crippen LogP contribution is 2.18. The molecule has 3 unspecified atom stereocenters. The molecule has 0 aromatic heterocycles. The number of amides is 1. The van der Waals surface area contributed by atoms with Gasteiger partial charge in [-0.3, -0.25) is 15.0 Å². The number of hydrogen-bond acceptors (Lipinski definition) is 4. The van der Waals surface area contributed by atoms with E-state index in [9.17, 15) is 4.79 Å². The van der Waals surface area contributed by atoms with Crippen molar-refractivity contribution in [3.8, 4) is 0 Å². The lowest BCUT2D eigenvalue weighted by Crippen LogP contribution is -2.68. The van der Waals surface area contributed by atoms with Crippen molar-refractivity contribution >= 4 is 5.91 Å². The summed E-state index contributed by atoms with van der Waals surface area (Å²) < 4.78 is 5.32. The van der Waals surface area contributed by atoms with Crippen molar-refractivity contribution in [3.63, 3.8) is 0 Å². The SMILES string of the molecule is O=C1NC(N2CCOCC2)NC2C=CC=CC12. The summed E-state index contributed by atoms with van der Waals surface area (Å²) >= 11 is 0. The summed E-state index contributed by atoms with van der Waals surface area (Å²) in [7, 11) is 0. The molecule has 2 aliphatic heterocycles. The summed E-state index contributed by atoms with van der Waals surface area (Å²) in [6, 6.07) is 0.113. The first-order valence-electron chi connectivity index (χ1n) is 6.08. The highest BCUT2D eigenvalue weighted by Gasteiger charge is 2.36. The minimum Gasteiger partial charge on any atom is -0.379 e. The number of ether oxygens (including phenoxy) is 1. The van der Waals surface area contributed by atoms with E-state index in [1.807, 2.05) is 18.2 Å². The number of allylic oxidation sites excluding steroid dienone is 2. The van der Waals surface area contributed by atoms with Gasteiger partial charge in [0.15, 0.2) is 0 Å². The van der Waals surface area contributed by atoms with Crippen LogP contribution in [0.1, 0.15) is 0 Å². The fraction of sp³-hybridized carbons (Fsp3) is 0.583. The van der Waals surface area contributed by atoms with Crippen molar-refractivity contribution in [2.24, 2.45) is 5.92 Å². The van der Waals surface area contributed by atoms with Crippen LogP contribution < -0.4 is 10.6 Å². The molecule has 0 spiro atoms. The van der Waals surface area contributed by atoms with Gasteiger partial charge in [-0.05, 0) is 0 Å². The maximum atomic E-state index is 12.0. The Morgan fingerprint density at radius 2 is 2.00 bits per heavy atom. The second-order valence-corrected chi connectivity index (χ2v) is 4.55. The van der Waals surface area contributed by atoms with Crippen LogP contribution >= 0.6 is 0 Å². The molecule has 1 aliphatic carbocycles. The highest BCUT2D eigenvalue weighted by molar-refractivity contribution is 5.83. The van der Waals surface area contributed by atoms with Crippen molar-refractivity contribution in [2.75, 3.05) is 26.3 Å². The molecule has 3 aliphatic rings. The Balaban J connectivity index is 1.70. The number of rotatable bonds is 1. The van der Waals surface area contributed by atoms with Gasteiger partial charge < -0.3 is 10.1 Å². The Morgan fingerprint density at radius 1 is 1.24 bits per heavy atom. The van der Waals surface area contributed by atoms with Gasteiger partial charge in [0.25, 0.3) is 0 Å². The van der Waals surface area contributed by atoms with Gasteiger partial charge in [-0.1, -0.05) is 24.3 Å². The smallest absolute Gasteiger partial charge is 0.231 e. The van der Waals surface area contributed by atoms with Gasteiger partial charge >= 0.3 is 0 Å². The number of nitrogens with one attached hydrogen (secondary N) is 2. The zero-order valence-corrected chi connectivity index (χ0v) is 9.63. The first-order valence-corrected chi connectivity index (χ1v) is 6.08. The first kappa shape index (κ1) is 11.0. The van der Waals surface area contributed by atoms with E-state index in [4.69, 9.17) is 4.74 Å². The van der Waals surface area contributed by atoms with Crippen LogP contribution in [0.2, 0.25) is 0 Å².